The summed E-state index contributed by atoms with van der Waals surface area (Å²) in [5, 5.41) is 8.11. The maximum atomic E-state index is 14.8. The third-order valence-electron chi connectivity index (χ3n) is 5.50. The van der Waals surface area contributed by atoms with Crippen molar-refractivity contribution in [3.8, 4) is 5.75 Å². The number of hydrogen-bond donors (Lipinski definition) is 1. The number of ether oxygens (including phenoxy) is 3. The molecule has 1 aliphatic rings. The number of nitrogens with one attached hydrogen (secondary N) is 1. The van der Waals surface area contributed by atoms with Gasteiger partial charge in [-0.15, -0.1) is 0 Å². The van der Waals surface area contributed by atoms with Crippen LogP contribution in [0.4, 0.5) is 9.18 Å². The number of amides is 1. The summed E-state index contributed by atoms with van der Waals surface area (Å²) in [7, 11) is 0. The molecule has 3 aromatic rings. The Hall–Kier alpha value is -2.40. The Morgan fingerprint density at radius 2 is 2.15 bits per heavy atom. The van der Waals surface area contributed by atoms with Gasteiger partial charge in [0, 0.05) is 31.0 Å². The fourth-order valence-electron chi connectivity index (χ4n) is 3.75. The number of halogens is 2. The van der Waals surface area contributed by atoms with Crippen molar-refractivity contribution in [1.82, 2.24) is 15.1 Å². The van der Waals surface area contributed by atoms with Crippen molar-refractivity contribution < 1.29 is 23.4 Å². The van der Waals surface area contributed by atoms with Crippen LogP contribution in [-0.4, -0.2) is 35.1 Å². The van der Waals surface area contributed by atoms with Gasteiger partial charge in [-0.3, -0.25) is 0 Å². The average molecular weight is 567 g/mol. The van der Waals surface area contributed by atoms with Crippen molar-refractivity contribution in [3.05, 3.63) is 57.5 Å². The fourth-order valence-corrected chi connectivity index (χ4v) is 4.42. The van der Waals surface area contributed by atoms with Gasteiger partial charge in [0.05, 0.1) is 11.6 Å². The normalized spacial score (nSPS) is 17.0. The first kappa shape index (κ1) is 23.7. The van der Waals surface area contributed by atoms with E-state index in [2.05, 4.69) is 33.0 Å². The van der Waals surface area contributed by atoms with Crippen LogP contribution >= 0.6 is 22.6 Å². The Bertz CT molecular complexity index is 1090. The molecule has 0 saturated carbocycles. The lowest BCUT2D eigenvalue weighted by Crippen LogP contribution is -2.28. The minimum Gasteiger partial charge on any atom is -0.488 e. The lowest BCUT2D eigenvalue weighted by atomic mass is 10.2. The lowest BCUT2D eigenvalue weighted by molar-refractivity contribution is -0.0369. The highest BCUT2D eigenvalue weighted by Gasteiger charge is 2.22. The van der Waals surface area contributed by atoms with Crippen molar-refractivity contribution in [3.63, 3.8) is 0 Å². The van der Waals surface area contributed by atoms with E-state index in [9.17, 15) is 9.18 Å². The van der Waals surface area contributed by atoms with Crippen LogP contribution in [0.1, 0.15) is 44.4 Å². The van der Waals surface area contributed by atoms with E-state index in [1.807, 2.05) is 37.3 Å². The molecule has 1 saturated heterocycles. The maximum absolute atomic E-state index is 14.8. The van der Waals surface area contributed by atoms with Gasteiger partial charge in [-0.25, -0.2) is 13.9 Å². The number of benzene rings is 2. The quantitative estimate of drug-likeness (QED) is 0.361. The highest BCUT2D eigenvalue weighted by molar-refractivity contribution is 14.1. The molecule has 0 radical (unpaired) electrons. The molecule has 0 bridgehead atoms. The predicted octanol–water partition coefficient (Wildman–Crippen LogP) is 5.56. The van der Waals surface area contributed by atoms with E-state index in [1.54, 1.807) is 10.7 Å². The third-order valence-corrected chi connectivity index (χ3v) is 6.30. The number of carbonyl (C=O) groups is 1. The van der Waals surface area contributed by atoms with Gasteiger partial charge in [-0.2, -0.15) is 5.10 Å². The van der Waals surface area contributed by atoms with Crippen molar-refractivity contribution in [2.45, 2.75) is 51.5 Å². The van der Waals surface area contributed by atoms with E-state index >= 15 is 0 Å². The van der Waals surface area contributed by atoms with Gasteiger partial charge in [0.1, 0.15) is 10.3 Å². The SMILES string of the molecule is C[C@H](CCNC(=O)OCc1ccccc1)Oc1cc2c(I)nn(C3CCCCO3)c2cc1F. The molecule has 1 N–H and O–H groups in total. The van der Waals surface area contributed by atoms with E-state index in [0.717, 1.165) is 33.9 Å². The lowest BCUT2D eigenvalue weighted by Gasteiger charge is -2.23. The fraction of sp³-hybridized carbons (Fsp3) is 0.417. The number of carbonyl (C=O) groups excluding carboxylic acids is 1. The summed E-state index contributed by atoms with van der Waals surface area (Å²) in [6.45, 7) is 3.10. The molecular formula is C24H27FIN3O4. The summed E-state index contributed by atoms with van der Waals surface area (Å²) in [4.78, 5) is 11.9. The zero-order valence-corrected chi connectivity index (χ0v) is 20.6. The second-order valence-electron chi connectivity index (χ2n) is 8.06. The smallest absolute Gasteiger partial charge is 0.407 e. The zero-order valence-electron chi connectivity index (χ0n) is 18.4. The van der Waals surface area contributed by atoms with Gasteiger partial charge >= 0.3 is 6.09 Å². The molecule has 33 heavy (non-hydrogen) atoms. The van der Waals surface area contributed by atoms with Crippen molar-refractivity contribution in [1.29, 1.82) is 0 Å². The molecule has 1 aromatic heterocycles. The van der Waals surface area contributed by atoms with Crippen LogP contribution in [0, 0.1) is 9.52 Å². The Balaban J connectivity index is 1.31. The largest absolute Gasteiger partial charge is 0.488 e. The van der Waals surface area contributed by atoms with Gasteiger partial charge in [-0.1, -0.05) is 30.3 Å². The molecule has 2 aromatic carbocycles. The molecule has 2 atom stereocenters. The Labute approximate surface area is 205 Å². The molecule has 2 heterocycles. The van der Waals surface area contributed by atoms with Gasteiger partial charge in [0.2, 0.25) is 0 Å². The molecular weight excluding hydrogens is 540 g/mol. The van der Waals surface area contributed by atoms with Gasteiger partial charge in [-0.05, 0) is 60.4 Å². The number of hydrogen-bond acceptors (Lipinski definition) is 5. The number of aromatic nitrogens is 2. The first-order valence-electron chi connectivity index (χ1n) is 11.1. The van der Waals surface area contributed by atoms with E-state index < -0.39 is 11.9 Å². The molecule has 1 fully saturated rings. The summed E-state index contributed by atoms with van der Waals surface area (Å²) in [6.07, 6.45) is 2.51. The monoisotopic (exact) mass is 567 g/mol. The van der Waals surface area contributed by atoms with Crippen molar-refractivity contribution >= 4 is 39.6 Å². The first-order chi connectivity index (χ1) is 16.0. The molecule has 1 amide bonds. The van der Waals surface area contributed by atoms with Crippen LogP contribution in [-0.2, 0) is 16.1 Å². The van der Waals surface area contributed by atoms with Crippen molar-refractivity contribution in [2.75, 3.05) is 13.2 Å². The van der Waals surface area contributed by atoms with Crippen molar-refractivity contribution in [2.24, 2.45) is 0 Å². The third kappa shape index (κ3) is 6.14. The number of nitrogens with zero attached hydrogens (tertiary/aromatic N) is 2. The van der Waals surface area contributed by atoms with Gasteiger partial charge in [0.15, 0.2) is 17.8 Å². The van der Waals surface area contributed by atoms with Crippen LogP contribution < -0.4 is 10.1 Å². The molecule has 4 rings (SSSR count). The highest BCUT2D eigenvalue weighted by atomic mass is 127. The Morgan fingerprint density at radius 3 is 2.91 bits per heavy atom. The van der Waals surface area contributed by atoms with Crippen LogP contribution in [0.3, 0.4) is 0 Å². The molecule has 9 heteroatoms. The Morgan fingerprint density at radius 1 is 1.33 bits per heavy atom. The van der Waals surface area contributed by atoms with E-state index in [-0.39, 0.29) is 24.7 Å². The van der Waals surface area contributed by atoms with Crippen LogP contribution in [0.2, 0.25) is 0 Å². The number of rotatable bonds is 8. The molecule has 1 unspecified atom stereocenters. The minimum atomic E-state index is -0.495. The average Bonchev–Trinajstić information content (AvgIpc) is 3.14. The second kappa shape index (κ2) is 11.1. The predicted molar refractivity (Wildman–Crippen MR) is 131 cm³/mol. The molecule has 176 valence electrons. The number of alkyl carbamates (subject to hydrolysis) is 1. The first-order valence-corrected chi connectivity index (χ1v) is 12.2. The summed E-state index contributed by atoms with van der Waals surface area (Å²) in [5.41, 5.74) is 1.62. The van der Waals surface area contributed by atoms with Gasteiger partial charge < -0.3 is 19.5 Å². The summed E-state index contributed by atoms with van der Waals surface area (Å²) < 4.78 is 34.2. The van der Waals surface area contributed by atoms with E-state index in [4.69, 9.17) is 14.2 Å². The second-order valence-corrected chi connectivity index (χ2v) is 9.08. The zero-order chi connectivity index (χ0) is 23.2. The minimum absolute atomic E-state index is 0.164. The Kier molecular flexibility index (Phi) is 8.02. The van der Waals surface area contributed by atoms with Crippen LogP contribution in [0.5, 0.6) is 5.75 Å². The topological polar surface area (TPSA) is 74.6 Å². The van der Waals surface area contributed by atoms with E-state index in [1.165, 1.54) is 6.07 Å². The number of fused-ring (bicyclic) bond motifs is 1. The van der Waals surface area contributed by atoms with Crippen LogP contribution in [0.25, 0.3) is 10.9 Å². The molecule has 0 aliphatic carbocycles. The summed E-state index contributed by atoms with van der Waals surface area (Å²) in [6, 6.07) is 12.6. The molecule has 0 spiro atoms. The van der Waals surface area contributed by atoms with Crippen LogP contribution in [0.15, 0.2) is 42.5 Å². The molecule has 1 aliphatic heterocycles. The summed E-state index contributed by atoms with van der Waals surface area (Å²) in [5.74, 6) is -0.276. The highest BCUT2D eigenvalue weighted by Crippen LogP contribution is 2.33. The standard InChI is InChI=1S/C24H27FIN3O4/c1-16(10-11-27-24(30)32-15-17-7-3-2-4-8-17)33-21-13-18-20(14-19(21)25)29(28-23(18)26)22-9-5-6-12-31-22/h2-4,7-8,13-14,16,22H,5-6,9-12,15H2,1H3,(H,27,30)/t16-,22?/m1/s1. The van der Waals surface area contributed by atoms with E-state index in [0.29, 0.717) is 25.1 Å². The molecule has 7 nitrogen and oxygen atoms in total. The van der Waals surface area contributed by atoms with Gasteiger partial charge in [0.25, 0.3) is 0 Å². The maximum Gasteiger partial charge on any atom is 0.407 e. The summed E-state index contributed by atoms with van der Waals surface area (Å²) >= 11 is 2.15.